The van der Waals surface area contributed by atoms with E-state index in [-0.39, 0.29) is 22.9 Å². The molecule has 0 bridgehead atoms. The minimum Gasteiger partial charge on any atom is -0.299 e. The second-order valence-electron chi connectivity index (χ2n) is 9.15. The number of nitrogens with zero attached hydrogens (tertiary/aromatic N) is 2. The molecule has 164 valence electrons. The summed E-state index contributed by atoms with van der Waals surface area (Å²) in [5.41, 5.74) is 0.339. The standard InChI is InChI=1S/C24H22N2O6/c27-19-3-1-13-23(15-5-9-17(10-6-15)25(29)30)21(19)22-20(28)4-2-14-24(22,23)16-7-11-18(12-8-16)26(31)32/h5-12,21-22H,1-4,13-14H2. The zero-order valence-corrected chi connectivity index (χ0v) is 17.4. The molecule has 0 heterocycles. The molecule has 2 aromatic rings. The zero-order chi connectivity index (χ0) is 22.7. The van der Waals surface area contributed by atoms with Crippen LogP contribution in [0, 0.1) is 32.1 Å². The Morgan fingerprint density at radius 3 is 1.31 bits per heavy atom. The molecule has 3 aliphatic carbocycles. The Labute approximate surface area is 183 Å². The largest absolute Gasteiger partial charge is 0.299 e. The summed E-state index contributed by atoms with van der Waals surface area (Å²) in [5, 5.41) is 22.4. The van der Waals surface area contributed by atoms with Crippen molar-refractivity contribution in [2.75, 3.05) is 0 Å². The number of rotatable bonds is 4. The Hall–Kier alpha value is -3.42. The van der Waals surface area contributed by atoms with Crippen molar-refractivity contribution in [3.05, 3.63) is 79.9 Å². The summed E-state index contributed by atoms with van der Waals surface area (Å²) >= 11 is 0. The lowest BCUT2D eigenvalue weighted by Gasteiger charge is -2.72. The van der Waals surface area contributed by atoms with E-state index in [1.54, 1.807) is 24.3 Å². The minimum atomic E-state index is -0.645. The Morgan fingerprint density at radius 1 is 0.656 bits per heavy atom. The Morgan fingerprint density at radius 2 is 1.00 bits per heavy atom. The zero-order valence-electron chi connectivity index (χ0n) is 17.4. The van der Waals surface area contributed by atoms with Gasteiger partial charge in [0, 0.05) is 59.8 Å². The number of hydrogen-bond acceptors (Lipinski definition) is 6. The number of carbonyl (C=O) groups is 2. The van der Waals surface area contributed by atoms with Crippen LogP contribution in [0.25, 0.3) is 0 Å². The number of non-ortho nitro benzene ring substituents is 2. The van der Waals surface area contributed by atoms with Gasteiger partial charge in [-0.2, -0.15) is 0 Å². The Kier molecular flexibility index (Phi) is 4.51. The van der Waals surface area contributed by atoms with Crippen molar-refractivity contribution >= 4 is 22.9 Å². The SMILES string of the molecule is O=C1CCCC2(c3ccc([N+](=O)[O-])cc3)C1C1C(=O)CCCC12c1ccc([N+](=O)[O-])cc1. The Bertz CT molecular complexity index is 1050. The average molecular weight is 434 g/mol. The van der Waals surface area contributed by atoms with Gasteiger partial charge < -0.3 is 0 Å². The van der Waals surface area contributed by atoms with Crippen molar-refractivity contribution in [2.24, 2.45) is 11.8 Å². The number of benzene rings is 2. The molecule has 0 radical (unpaired) electrons. The highest BCUT2D eigenvalue weighted by Gasteiger charge is 2.76. The van der Waals surface area contributed by atoms with E-state index in [1.165, 1.54) is 24.3 Å². The van der Waals surface area contributed by atoms with Crippen LogP contribution in [0.5, 0.6) is 0 Å². The summed E-state index contributed by atoms with van der Waals surface area (Å²) in [7, 11) is 0. The van der Waals surface area contributed by atoms with Gasteiger partial charge in [0.05, 0.1) is 9.85 Å². The van der Waals surface area contributed by atoms with Crippen LogP contribution in [0.15, 0.2) is 48.5 Å². The molecular formula is C24H22N2O6. The molecule has 8 nitrogen and oxygen atoms in total. The van der Waals surface area contributed by atoms with E-state index in [1.807, 2.05) is 0 Å². The van der Waals surface area contributed by atoms with Crippen molar-refractivity contribution in [1.82, 2.24) is 0 Å². The summed E-state index contributed by atoms with van der Waals surface area (Å²) in [6.45, 7) is 0. The van der Waals surface area contributed by atoms with Gasteiger partial charge >= 0.3 is 0 Å². The number of hydrogen-bond donors (Lipinski definition) is 0. The molecule has 0 N–H and O–H groups in total. The molecule has 3 saturated carbocycles. The predicted octanol–water partition coefficient (Wildman–Crippen LogP) is 4.43. The van der Waals surface area contributed by atoms with Crippen LogP contribution in [-0.2, 0) is 20.4 Å². The lowest BCUT2D eigenvalue weighted by Crippen LogP contribution is -2.76. The second kappa shape index (κ2) is 7.05. The van der Waals surface area contributed by atoms with Crippen LogP contribution in [0.2, 0.25) is 0 Å². The first-order valence-electron chi connectivity index (χ1n) is 10.9. The summed E-state index contributed by atoms with van der Waals surface area (Å²) in [6, 6.07) is 12.8. The predicted molar refractivity (Wildman–Crippen MR) is 114 cm³/mol. The molecule has 0 aromatic heterocycles. The first-order valence-corrected chi connectivity index (χ1v) is 10.9. The van der Waals surface area contributed by atoms with Gasteiger partial charge in [-0.05, 0) is 36.8 Å². The molecule has 0 aliphatic heterocycles. The van der Waals surface area contributed by atoms with Crippen LogP contribution in [-0.4, -0.2) is 21.4 Å². The number of nitro groups is 2. The van der Waals surface area contributed by atoms with E-state index in [2.05, 4.69) is 0 Å². The van der Waals surface area contributed by atoms with Crippen LogP contribution in [0.4, 0.5) is 11.4 Å². The summed E-state index contributed by atoms with van der Waals surface area (Å²) in [4.78, 5) is 47.8. The van der Waals surface area contributed by atoms with E-state index in [4.69, 9.17) is 0 Å². The number of nitro benzene ring substituents is 2. The second-order valence-corrected chi connectivity index (χ2v) is 9.15. The average Bonchev–Trinajstić information content (AvgIpc) is 2.77. The number of fused-ring (bicyclic) bond motifs is 4. The van der Waals surface area contributed by atoms with E-state index in [0.717, 1.165) is 11.1 Å². The third-order valence-corrected chi connectivity index (χ3v) is 8.06. The van der Waals surface area contributed by atoms with Gasteiger partial charge in [0.15, 0.2) is 0 Å². The molecule has 4 unspecified atom stereocenters. The van der Waals surface area contributed by atoms with Crippen LogP contribution >= 0.6 is 0 Å². The highest BCUT2D eigenvalue weighted by Crippen LogP contribution is 2.73. The highest BCUT2D eigenvalue weighted by molar-refractivity contribution is 5.97. The quantitative estimate of drug-likeness (QED) is 0.518. The van der Waals surface area contributed by atoms with Crippen LogP contribution in [0.1, 0.15) is 49.7 Å². The fourth-order valence-electron chi connectivity index (χ4n) is 7.02. The third kappa shape index (κ3) is 2.49. The van der Waals surface area contributed by atoms with Gasteiger partial charge in [-0.1, -0.05) is 24.3 Å². The molecule has 32 heavy (non-hydrogen) atoms. The van der Waals surface area contributed by atoms with Crippen LogP contribution < -0.4 is 0 Å². The molecule has 0 amide bonds. The fourth-order valence-corrected chi connectivity index (χ4v) is 7.02. The van der Waals surface area contributed by atoms with Gasteiger partial charge in [-0.15, -0.1) is 0 Å². The Balaban J connectivity index is 1.73. The van der Waals surface area contributed by atoms with E-state index >= 15 is 0 Å². The topological polar surface area (TPSA) is 120 Å². The van der Waals surface area contributed by atoms with Crippen molar-refractivity contribution in [3.8, 4) is 0 Å². The molecule has 4 atom stereocenters. The molecule has 0 spiro atoms. The maximum absolute atomic E-state index is 13.2. The van der Waals surface area contributed by atoms with E-state index in [0.29, 0.717) is 38.5 Å². The van der Waals surface area contributed by atoms with Gasteiger partial charge in [-0.25, -0.2) is 0 Å². The van der Waals surface area contributed by atoms with Gasteiger partial charge in [0.2, 0.25) is 0 Å². The van der Waals surface area contributed by atoms with Crippen molar-refractivity contribution in [2.45, 2.75) is 49.4 Å². The smallest absolute Gasteiger partial charge is 0.269 e. The van der Waals surface area contributed by atoms with Gasteiger partial charge in [-0.3, -0.25) is 29.8 Å². The lowest BCUT2D eigenvalue weighted by molar-refractivity contribution is -0.385. The number of carbonyl (C=O) groups excluding carboxylic acids is 2. The number of Topliss-reactive ketones (excluding diaryl/α,β-unsaturated/α-hetero) is 2. The number of ketones is 2. The molecule has 2 aromatic carbocycles. The first-order chi connectivity index (χ1) is 15.3. The molecular weight excluding hydrogens is 412 g/mol. The van der Waals surface area contributed by atoms with Gasteiger partial charge in [0.25, 0.3) is 11.4 Å². The molecule has 3 aliphatic rings. The third-order valence-electron chi connectivity index (χ3n) is 8.06. The van der Waals surface area contributed by atoms with E-state index in [9.17, 15) is 29.8 Å². The summed E-state index contributed by atoms with van der Waals surface area (Å²) in [6.07, 6.45) is 3.62. The molecule has 3 fully saturated rings. The molecule has 8 heteroatoms. The van der Waals surface area contributed by atoms with E-state index < -0.39 is 32.5 Å². The normalized spacial score (nSPS) is 31.2. The summed E-state index contributed by atoms with van der Waals surface area (Å²) < 4.78 is 0. The van der Waals surface area contributed by atoms with Crippen molar-refractivity contribution in [1.29, 1.82) is 0 Å². The van der Waals surface area contributed by atoms with Crippen LogP contribution in [0.3, 0.4) is 0 Å². The van der Waals surface area contributed by atoms with Crippen molar-refractivity contribution < 1.29 is 19.4 Å². The van der Waals surface area contributed by atoms with Gasteiger partial charge in [0.1, 0.15) is 11.6 Å². The fraction of sp³-hybridized carbons (Fsp3) is 0.417. The summed E-state index contributed by atoms with van der Waals surface area (Å²) in [5.74, 6) is -0.763. The first kappa shape index (κ1) is 20.5. The van der Waals surface area contributed by atoms with Crippen molar-refractivity contribution in [3.63, 3.8) is 0 Å². The molecule has 5 rings (SSSR count). The maximum atomic E-state index is 13.2. The maximum Gasteiger partial charge on any atom is 0.269 e. The molecule has 0 saturated heterocycles. The lowest BCUT2D eigenvalue weighted by atomic mass is 9.29. The highest BCUT2D eigenvalue weighted by atomic mass is 16.6. The minimum absolute atomic E-state index is 0.0242. The monoisotopic (exact) mass is 434 g/mol.